The normalized spacial score (nSPS) is 24.1. The molecule has 1 aromatic carbocycles. The number of aliphatic hydroxyl groups is 1. The van der Waals surface area contributed by atoms with Crippen LogP contribution >= 0.6 is 15.9 Å². The molecule has 2 nitrogen and oxygen atoms in total. The van der Waals surface area contributed by atoms with E-state index in [2.05, 4.69) is 53.3 Å². The second kappa shape index (κ2) is 4.14. The maximum absolute atomic E-state index is 9.35. The van der Waals surface area contributed by atoms with Gasteiger partial charge in [0.25, 0.3) is 0 Å². The van der Waals surface area contributed by atoms with Gasteiger partial charge in [-0.1, -0.05) is 35.8 Å². The Morgan fingerprint density at radius 3 is 2.80 bits per heavy atom. The lowest BCUT2D eigenvalue weighted by molar-refractivity contribution is 0.249. The first-order valence-corrected chi connectivity index (χ1v) is 6.09. The van der Waals surface area contributed by atoms with E-state index in [0.29, 0.717) is 11.8 Å². The van der Waals surface area contributed by atoms with Gasteiger partial charge in [0.1, 0.15) is 0 Å². The molecule has 1 heterocycles. The van der Waals surface area contributed by atoms with Crippen molar-refractivity contribution in [3.8, 4) is 0 Å². The van der Waals surface area contributed by atoms with Gasteiger partial charge in [0.15, 0.2) is 0 Å². The Hall–Kier alpha value is -0.540. The summed E-state index contributed by atoms with van der Waals surface area (Å²) in [6.07, 6.45) is 0. The summed E-state index contributed by atoms with van der Waals surface area (Å²) in [7, 11) is 0. The Balaban J connectivity index is 2.40. The summed E-state index contributed by atoms with van der Waals surface area (Å²) in [5.41, 5.74) is 2.48. The fourth-order valence-corrected chi connectivity index (χ4v) is 2.79. The monoisotopic (exact) mass is 269 g/mol. The van der Waals surface area contributed by atoms with Crippen LogP contribution in [-0.4, -0.2) is 17.8 Å². The number of aliphatic hydroxyl groups excluding tert-OH is 1. The van der Waals surface area contributed by atoms with E-state index in [1.54, 1.807) is 0 Å². The number of halogens is 1. The van der Waals surface area contributed by atoms with Crippen molar-refractivity contribution < 1.29 is 5.11 Å². The number of fused-ring (bicyclic) bond motifs is 1. The SMILES string of the molecule is CC(C)C1c2ccc(Br)cc2NC1CO. The van der Waals surface area contributed by atoms with E-state index in [1.807, 2.05) is 0 Å². The van der Waals surface area contributed by atoms with Crippen LogP contribution in [0.15, 0.2) is 22.7 Å². The van der Waals surface area contributed by atoms with Gasteiger partial charge in [-0.05, 0) is 23.6 Å². The predicted octanol–water partition coefficient (Wildman–Crippen LogP) is 2.98. The van der Waals surface area contributed by atoms with Crippen LogP contribution in [0.1, 0.15) is 25.3 Å². The van der Waals surface area contributed by atoms with Gasteiger partial charge in [-0.2, -0.15) is 0 Å². The molecular formula is C12H16BrNO. The molecule has 1 aliphatic heterocycles. The second-order valence-corrected chi connectivity index (χ2v) is 5.35. The summed E-state index contributed by atoms with van der Waals surface area (Å²) in [6.45, 7) is 4.59. The number of hydrogen-bond acceptors (Lipinski definition) is 2. The number of anilines is 1. The molecule has 2 rings (SSSR count). The molecule has 0 aromatic heterocycles. The van der Waals surface area contributed by atoms with Crippen LogP contribution in [0.2, 0.25) is 0 Å². The van der Waals surface area contributed by atoms with Gasteiger partial charge in [-0.25, -0.2) is 0 Å². The number of benzene rings is 1. The third-order valence-electron chi connectivity index (χ3n) is 3.06. The molecule has 3 heteroatoms. The number of rotatable bonds is 2. The third-order valence-corrected chi connectivity index (χ3v) is 3.56. The van der Waals surface area contributed by atoms with Crippen molar-refractivity contribution in [2.24, 2.45) is 5.92 Å². The van der Waals surface area contributed by atoms with Crippen molar-refractivity contribution in [2.45, 2.75) is 25.8 Å². The summed E-state index contributed by atoms with van der Waals surface area (Å²) in [5, 5.41) is 12.7. The van der Waals surface area contributed by atoms with E-state index in [0.717, 1.165) is 10.2 Å². The molecular weight excluding hydrogens is 254 g/mol. The molecule has 15 heavy (non-hydrogen) atoms. The molecule has 2 N–H and O–H groups in total. The summed E-state index contributed by atoms with van der Waals surface area (Å²) in [4.78, 5) is 0. The van der Waals surface area contributed by atoms with Crippen molar-refractivity contribution in [2.75, 3.05) is 11.9 Å². The fraction of sp³-hybridized carbons (Fsp3) is 0.500. The standard InChI is InChI=1S/C12H16BrNO/c1-7(2)12-9-4-3-8(13)5-10(9)14-11(12)6-15/h3-5,7,11-12,14-15H,6H2,1-2H3. The van der Waals surface area contributed by atoms with E-state index in [9.17, 15) is 5.11 Å². The maximum Gasteiger partial charge on any atom is 0.0638 e. The highest BCUT2D eigenvalue weighted by Crippen LogP contribution is 2.41. The van der Waals surface area contributed by atoms with Gasteiger partial charge in [0, 0.05) is 16.1 Å². The molecule has 0 spiro atoms. The van der Waals surface area contributed by atoms with Crippen LogP contribution in [0.25, 0.3) is 0 Å². The van der Waals surface area contributed by atoms with Crippen molar-refractivity contribution in [1.82, 2.24) is 0 Å². The molecule has 0 saturated heterocycles. The summed E-state index contributed by atoms with van der Waals surface area (Å²) in [5.74, 6) is 0.954. The Labute approximate surface area is 98.8 Å². The van der Waals surface area contributed by atoms with Gasteiger partial charge in [0.05, 0.1) is 12.6 Å². The van der Waals surface area contributed by atoms with Crippen molar-refractivity contribution in [3.63, 3.8) is 0 Å². The zero-order valence-corrected chi connectivity index (χ0v) is 10.6. The topological polar surface area (TPSA) is 32.3 Å². The molecule has 1 aromatic rings. The van der Waals surface area contributed by atoms with E-state index in [1.165, 1.54) is 5.56 Å². The zero-order valence-electron chi connectivity index (χ0n) is 9.00. The third kappa shape index (κ3) is 1.91. The smallest absolute Gasteiger partial charge is 0.0638 e. The van der Waals surface area contributed by atoms with Crippen LogP contribution in [0.5, 0.6) is 0 Å². The van der Waals surface area contributed by atoms with Crippen LogP contribution in [0.3, 0.4) is 0 Å². The molecule has 0 amide bonds. The number of hydrogen-bond donors (Lipinski definition) is 2. The van der Waals surface area contributed by atoms with Gasteiger partial charge in [-0.3, -0.25) is 0 Å². The van der Waals surface area contributed by atoms with Crippen molar-refractivity contribution in [3.05, 3.63) is 28.2 Å². The van der Waals surface area contributed by atoms with E-state index in [-0.39, 0.29) is 12.6 Å². The first-order valence-electron chi connectivity index (χ1n) is 5.30. The predicted molar refractivity (Wildman–Crippen MR) is 66.2 cm³/mol. The second-order valence-electron chi connectivity index (χ2n) is 4.43. The molecule has 0 aliphatic carbocycles. The largest absolute Gasteiger partial charge is 0.394 e. The highest BCUT2D eigenvalue weighted by molar-refractivity contribution is 9.10. The van der Waals surface area contributed by atoms with Crippen molar-refractivity contribution in [1.29, 1.82) is 0 Å². The Morgan fingerprint density at radius 2 is 2.20 bits per heavy atom. The van der Waals surface area contributed by atoms with E-state index >= 15 is 0 Å². The van der Waals surface area contributed by atoms with Crippen LogP contribution in [-0.2, 0) is 0 Å². The average molecular weight is 270 g/mol. The molecule has 2 atom stereocenters. The average Bonchev–Trinajstić information content (AvgIpc) is 2.54. The van der Waals surface area contributed by atoms with Crippen molar-refractivity contribution >= 4 is 21.6 Å². The highest BCUT2D eigenvalue weighted by Gasteiger charge is 2.33. The molecule has 82 valence electrons. The molecule has 0 bridgehead atoms. The highest BCUT2D eigenvalue weighted by atomic mass is 79.9. The summed E-state index contributed by atoms with van der Waals surface area (Å²) in [6, 6.07) is 6.46. The van der Waals surface area contributed by atoms with Crippen LogP contribution in [0.4, 0.5) is 5.69 Å². The lowest BCUT2D eigenvalue weighted by Gasteiger charge is -2.21. The van der Waals surface area contributed by atoms with Gasteiger partial charge in [0.2, 0.25) is 0 Å². The van der Waals surface area contributed by atoms with Crippen LogP contribution in [0, 0.1) is 5.92 Å². The molecule has 0 fully saturated rings. The Morgan fingerprint density at radius 1 is 1.47 bits per heavy atom. The first-order chi connectivity index (χ1) is 7.13. The van der Waals surface area contributed by atoms with Gasteiger partial charge in [-0.15, -0.1) is 0 Å². The summed E-state index contributed by atoms with van der Waals surface area (Å²) >= 11 is 3.46. The van der Waals surface area contributed by atoms with E-state index < -0.39 is 0 Å². The fourth-order valence-electron chi connectivity index (χ4n) is 2.43. The quantitative estimate of drug-likeness (QED) is 0.866. The van der Waals surface area contributed by atoms with Gasteiger partial charge < -0.3 is 10.4 Å². The maximum atomic E-state index is 9.35. The lowest BCUT2D eigenvalue weighted by atomic mass is 9.85. The molecule has 1 aliphatic rings. The molecule has 0 saturated carbocycles. The zero-order chi connectivity index (χ0) is 11.0. The number of nitrogens with one attached hydrogen (secondary N) is 1. The lowest BCUT2D eigenvalue weighted by Crippen LogP contribution is -2.27. The minimum absolute atomic E-state index is 0.161. The molecule has 2 unspecified atom stereocenters. The van der Waals surface area contributed by atoms with Gasteiger partial charge >= 0.3 is 0 Å². The van der Waals surface area contributed by atoms with Crippen LogP contribution < -0.4 is 5.32 Å². The minimum Gasteiger partial charge on any atom is -0.394 e. The Bertz CT molecular complexity index is 365. The summed E-state index contributed by atoms with van der Waals surface area (Å²) < 4.78 is 1.08. The first kappa shape index (κ1) is 11.0. The van der Waals surface area contributed by atoms with E-state index in [4.69, 9.17) is 0 Å². The Kier molecular flexibility index (Phi) is 3.03. The molecule has 0 radical (unpaired) electrons. The minimum atomic E-state index is 0.161.